The van der Waals surface area contributed by atoms with Crippen LogP contribution in [0.5, 0.6) is 0 Å². The lowest BCUT2D eigenvalue weighted by atomic mass is 10.1. The molecule has 0 aliphatic rings. The second-order valence-corrected chi connectivity index (χ2v) is 5.05. The molecule has 0 saturated carbocycles. The first-order valence-corrected chi connectivity index (χ1v) is 7.15. The predicted octanol–water partition coefficient (Wildman–Crippen LogP) is 3.28. The quantitative estimate of drug-likeness (QED) is 0.721. The van der Waals surface area contributed by atoms with Crippen molar-refractivity contribution in [1.29, 1.82) is 5.41 Å². The summed E-state index contributed by atoms with van der Waals surface area (Å²) in [7, 11) is 0. The number of hydrogen-bond acceptors (Lipinski definition) is 7. The SMILES string of the molecule is C/C=C(\C=N)c1cnc2ccc(Nc3nncs3)nc2c1. The molecule has 7 heteroatoms. The van der Waals surface area contributed by atoms with Gasteiger partial charge in [-0.1, -0.05) is 17.4 Å². The smallest absolute Gasteiger partial charge is 0.210 e. The fraction of sp³-hybridized carbons (Fsp3) is 0.0714. The van der Waals surface area contributed by atoms with Gasteiger partial charge in [-0.15, -0.1) is 10.2 Å². The minimum Gasteiger partial charge on any atom is -0.315 e. The minimum atomic E-state index is 0.690. The highest BCUT2D eigenvalue weighted by molar-refractivity contribution is 7.13. The van der Waals surface area contributed by atoms with Gasteiger partial charge in [-0.2, -0.15) is 0 Å². The Kier molecular flexibility index (Phi) is 3.65. The van der Waals surface area contributed by atoms with Gasteiger partial charge >= 0.3 is 0 Å². The number of pyridine rings is 2. The third kappa shape index (κ3) is 2.77. The van der Waals surface area contributed by atoms with E-state index in [1.165, 1.54) is 17.6 Å². The molecule has 3 heterocycles. The lowest BCUT2D eigenvalue weighted by Gasteiger charge is -2.05. The van der Waals surface area contributed by atoms with E-state index in [1.54, 1.807) is 11.7 Å². The Balaban J connectivity index is 2.01. The fourth-order valence-electron chi connectivity index (χ4n) is 1.90. The zero-order chi connectivity index (χ0) is 14.7. The molecule has 6 nitrogen and oxygen atoms in total. The summed E-state index contributed by atoms with van der Waals surface area (Å²) >= 11 is 1.41. The highest BCUT2D eigenvalue weighted by Crippen LogP contribution is 2.21. The first-order chi connectivity index (χ1) is 10.3. The molecule has 0 unspecified atom stereocenters. The van der Waals surface area contributed by atoms with Crippen molar-refractivity contribution in [3.8, 4) is 0 Å². The second kappa shape index (κ2) is 5.76. The third-order valence-corrected chi connectivity index (χ3v) is 3.54. The number of anilines is 2. The zero-order valence-corrected chi connectivity index (χ0v) is 12.1. The maximum atomic E-state index is 7.41. The maximum absolute atomic E-state index is 7.41. The maximum Gasteiger partial charge on any atom is 0.210 e. The van der Waals surface area contributed by atoms with Gasteiger partial charge in [0.15, 0.2) is 0 Å². The van der Waals surface area contributed by atoms with Gasteiger partial charge in [0.05, 0.1) is 11.0 Å². The normalized spacial score (nSPS) is 11.6. The van der Waals surface area contributed by atoms with E-state index in [1.807, 2.05) is 31.2 Å². The average molecular weight is 296 g/mol. The second-order valence-electron chi connectivity index (χ2n) is 4.22. The van der Waals surface area contributed by atoms with Crippen molar-refractivity contribution in [2.45, 2.75) is 6.92 Å². The molecule has 3 rings (SSSR count). The summed E-state index contributed by atoms with van der Waals surface area (Å²) in [5.41, 5.74) is 4.92. The van der Waals surface area contributed by atoms with E-state index in [0.717, 1.165) is 22.2 Å². The zero-order valence-electron chi connectivity index (χ0n) is 11.2. The summed E-state index contributed by atoms with van der Waals surface area (Å²) in [6.45, 7) is 1.89. The summed E-state index contributed by atoms with van der Waals surface area (Å²) in [5.74, 6) is 0.690. The molecule has 0 aliphatic heterocycles. The Bertz CT molecular complexity index is 809. The molecule has 0 atom stereocenters. The van der Waals surface area contributed by atoms with E-state index in [-0.39, 0.29) is 0 Å². The van der Waals surface area contributed by atoms with Crippen LogP contribution >= 0.6 is 11.3 Å². The molecule has 104 valence electrons. The van der Waals surface area contributed by atoms with Crippen LogP contribution < -0.4 is 5.32 Å². The molecule has 0 aromatic carbocycles. The Morgan fingerprint density at radius 2 is 2.24 bits per heavy atom. The fourth-order valence-corrected chi connectivity index (χ4v) is 2.36. The number of fused-ring (bicyclic) bond motifs is 1. The largest absolute Gasteiger partial charge is 0.315 e. The van der Waals surface area contributed by atoms with Crippen molar-refractivity contribution in [3.05, 3.63) is 41.5 Å². The van der Waals surface area contributed by atoms with Gasteiger partial charge in [0.2, 0.25) is 5.13 Å². The van der Waals surface area contributed by atoms with Crippen molar-refractivity contribution in [2.75, 3.05) is 5.32 Å². The van der Waals surface area contributed by atoms with E-state index >= 15 is 0 Å². The van der Waals surface area contributed by atoms with Crippen LogP contribution in [0.3, 0.4) is 0 Å². The van der Waals surface area contributed by atoms with Crippen LogP contribution in [0.25, 0.3) is 16.6 Å². The lowest BCUT2D eigenvalue weighted by Crippen LogP contribution is -1.95. The number of hydrogen-bond donors (Lipinski definition) is 2. The summed E-state index contributed by atoms with van der Waals surface area (Å²) in [5, 5.41) is 18.9. The van der Waals surface area contributed by atoms with Gasteiger partial charge in [0.1, 0.15) is 11.3 Å². The molecule has 0 aliphatic carbocycles. The van der Waals surface area contributed by atoms with Gasteiger partial charge in [0, 0.05) is 18.0 Å². The average Bonchev–Trinajstić information content (AvgIpc) is 3.01. The van der Waals surface area contributed by atoms with Gasteiger partial charge in [-0.05, 0) is 30.7 Å². The first-order valence-electron chi connectivity index (χ1n) is 6.27. The van der Waals surface area contributed by atoms with Crippen molar-refractivity contribution >= 4 is 45.1 Å². The number of rotatable bonds is 4. The van der Waals surface area contributed by atoms with Crippen molar-refractivity contribution in [2.24, 2.45) is 0 Å². The van der Waals surface area contributed by atoms with E-state index in [0.29, 0.717) is 10.9 Å². The number of aromatic nitrogens is 4. The summed E-state index contributed by atoms with van der Waals surface area (Å²) in [6, 6.07) is 5.67. The number of allylic oxidation sites excluding steroid dienone is 2. The number of nitrogens with one attached hydrogen (secondary N) is 2. The number of nitrogens with zero attached hydrogens (tertiary/aromatic N) is 4. The predicted molar refractivity (Wildman–Crippen MR) is 85.2 cm³/mol. The van der Waals surface area contributed by atoms with Crippen molar-refractivity contribution in [1.82, 2.24) is 20.2 Å². The minimum absolute atomic E-state index is 0.690. The monoisotopic (exact) mass is 296 g/mol. The van der Waals surface area contributed by atoms with Crippen LogP contribution in [-0.2, 0) is 0 Å². The standard InChI is InChI=1S/C14H12N6S/c1-2-9(6-15)10-5-12-11(16-7-10)3-4-13(18-12)19-14-20-17-8-21-14/h2-8,15H,1H3,(H,18,19,20)/b9-2+,15-6?. The molecule has 0 bridgehead atoms. The summed E-state index contributed by atoms with van der Waals surface area (Å²) < 4.78 is 0. The van der Waals surface area contributed by atoms with E-state index in [4.69, 9.17) is 5.41 Å². The van der Waals surface area contributed by atoms with E-state index < -0.39 is 0 Å². The molecule has 0 spiro atoms. The third-order valence-electron chi connectivity index (χ3n) is 2.93. The highest BCUT2D eigenvalue weighted by Gasteiger charge is 2.05. The summed E-state index contributed by atoms with van der Waals surface area (Å²) in [6.07, 6.45) is 4.94. The topological polar surface area (TPSA) is 87.4 Å². The summed E-state index contributed by atoms with van der Waals surface area (Å²) in [4.78, 5) is 8.90. The van der Waals surface area contributed by atoms with Crippen LogP contribution in [0.15, 0.2) is 36.0 Å². The lowest BCUT2D eigenvalue weighted by molar-refractivity contribution is 1.09. The Morgan fingerprint density at radius 1 is 1.33 bits per heavy atom. The van der Waals surface area contributed by atoms with Crippen LogP contribution in [0.2, 0.25) is 0 Å². The molecule has 3 aromatic rings. The molecular formula is C14H12N6S. The van der Waals surface area contributed by atoms with E-state index in [9.17, 15) is 0 Å². The highest BCUT2D eigenvalue weighted by atomic mass is 32.1. The van der Waals surface area contributed by atoms with Gasteiger partial charge in [0.25, 0.3) is 0 Å². The van der Waals surface area contributed by atoms with Gasteiger partial charge in [-0.3, -0.25) is 4.98 Å². The molecule has 2 N–H and O–H groups in total. The van der Waals surface area contributed by atoms with Crippen molar-refractivity contribution in [3.63, 3.8) is 0 Å². The molecule has 0 radical (unpaired) electrons. The van der Waals surface area contributed by atoms with Crippen molar-refractivity contribution < 1.29 is 0 Å². The molecule has 3 aromatic heterocycles. The van der Waals surface area contributed by atoms with Crippen LogP contribution in [0, 0.1) is 5.41 Å². The Labute approximate surface area is 125 Å². The van der Waals surface area contributed by atoms with Gasteiger partial charge in [-0.25, -0.2) is 4.98 Å². The molecule has 0 fully saturated rings. The van der Waals surface area contributed by atoms with E-state index in [2.05, 4.69) is 25.5 Å². The van der Waals surface area contributed by atoms with Crippen LogP contribution in [0.4, 0.5) is 10.9 Å². The van der Waals surface area contributed by atoms with Crippen LogP contribution in [0.1, 0.15) is 12.5 Å². The molecule has 0 amide bonds. The Morgan fingerprint density at radius 3 is 2.95 bits per heavy atom. The molecule has 0 saturated heterocycles. The first kappa shape index (κ1) is 13.3. The molecular weight excluding hydrogens is 284 g/mol. The molecule has 21 heavy (non-hydrogen) atoms. The van der Waals surface area contributed by atoms with Gasteiger partial charge < -0.3 is 10.7 Å². The Hall–Kier alpha value is -2.67. The van der Waals surface area contributed by atoms with Crippen LogP contribution in [-0.4, -0.2) is 26.4 Å².